The number of sulfone groups is 1. The topological polar surface area (TPSA) is 94.6 Å². The SMILES string of the molecule is CCCOC1CCS(=O)(=O)c2ccc(C(=O)C3C(=O)CCCC3=O)c(C)c21. The van der Waals surface area contributed by atoms with Crippen molar-refractivity contribution < 1.29 is 27.5 Å². The molecule has 1 aromatic rings. The molecule has 1 atom stereocenters. The number of ketones is 3. The number of Topliss-reactive ketones (excluding diaryl/α,β-unsaturated/α-hetero) is 3. The van der Waals surface area contributed by atoms with Crippen molar-refractivity contribution in [3.8, 4) is 0 Å². The van der Waals surface area contributed by atoms with Gasteiger partial charge in [0, 0.05) is 30.6 Å². The summed E-state index contributed by atoms with van der Waals surface area (Å²) in [7, 11) is -3.44. The van der Waals surface area contributed by atoms with Crippen LogP contribution in [-0.4, -0.2) is 38.1 Å². The molecular formula is C20H24O6S. The maximum atomic E-state index is 13.0. The molecule has 0 N–H and O–H groups in total. The van der Waals surface area contributed by atoms with Crippen molar-refractivity contribution in [2.24, 2.45) is 5.92 Å². The first-order valence-corrected chi connectivity index (χ1v) is 11.0. The molecule has 1 unspecified atom stereocenters. The zero-order valence-electron chi connectivity index (χ0n) is 15.6. The minimum atomic E-state index is -3.44. The molecular weight excluding hydrogens is 368 g/mol. The molecule has 1 saturated carbocycles. The molecule has 0 radical (unpaired) electrons. The maximum Gasteiger partial charge on any atom is 0.181 e. The van der Waals surface area contributed by atoms with Crippen molar-refractivity contribution in [3.05, 3.63) is 28.8 Å². The third kappa shape index (κ3) is 3.62. The number of carbonyl (C=O) groups excluding carboxylic acids is 3. The molecule has 0 saturated heterocycles. The molecule has 0 bridgehead atoms. The van der Waals surface area contributed by atoms with Crippen molar-refractivity contribution in [2.75, 3.05) is 12.4 Å². The lowest BCUT2D eigenvalue weighted by Gasteiger charge is -2.29. The molecule has 6 nitrogen and oxygen atoms in total. The van der Waals surface area contributed by atoms with Crippen molar-refractivity contribution in [1.29, 1.82) is 0 Å². The van der Waals surface area contributed by atoms with Gasteiger partial charge in [-0.2, -0.15) is 0 Å². The Hall–Kier alpha value is -1.86. The summed E-state index contributed by atoms with van der Waals surface area (Å²) in [5.74, 6) is -2.48. The summed E-state index contributed by atoms with van der Waals surface area (Å²) >= 11 is 0. The summed E-state index contributed by atoms with van der Waals surface area (Å²) in [5.41, 5.74) is 1.23. The van der Waals surface area contributed by atoms with Crippen LogP contribution in [0, 0.1) is 12.8 Å². The molecule has 1 aliphatic carbocycles. The number of hydrogen-bond acceptors (Lipinski definition) is 6. The fourth-order valence-electron chi connectivity index (χ4n) is 3.94. The Bertz CT molecular complexity index is 883. The van der Waals surface area contributed by atoms with Crippen LogP contribution in [0.15, 0.2) is 17.0 Å². The van der Waals surface area contributed by atoms with Gasteiger partial charge in [-0.25, -0.2) is 8.42 Å². The number of ether oxygens (including phenoxy) is 1. The second-order valence-corrected chi connectivity index (χ2v) is 9.28. The number of rotatable bonds is 5. The third-order valence-corrected chi connectivity index (χ3v) is 7.12. The van der Waals surface area contributed by atoms with Gasteiger partial charge >= 0.3 is 0 Å². The van der Waals surface area contributed by atoms with Gasteiger partial charge in [0.1, 0.15) is 5.92 Å². The van der Waals surface area contributed by atoms with Gasteiger partial charge in [-0.05, 0) is 43.9 Å². The van der Waals surface area contributed by atoms with Gasteiger partial charge in [0.15, 0.2) is 27.2 Å². The second-order valence-electron chi connectivity index (χ2n) is 7.20. The van der Waals surface area contributed by atoms with Crippen molar-refractivity contribution in [3.63, 3.8) is 0 Å². The second kappa shape index (κ2) is 7.64. The van der Waals surface area contributed by atoms with Crippen LogP contribution in [0.3, 0.4) is 0 Å². The zero-order valence-corrected chi connectivity index (χ0v) is 16.4. The van der Waals surface area contributed by atoms with Crippen molar-refractivity contribution >= 4 is 27.2 Å². The van der Waals surface area contributed by atoms with Gasteiger partial charge in [-0.1, -0.05) is 6.92 Å². The van der Waals surface area contributed by atoms with Crippen LogP contribution in [-0.2, 0) is 24.2 Å². The van der Waals surface area contributed by atoms with Crippen molar-refractivity contribution in [1.82, 2.24) is 0 Å². The first kappa shape index (κ1) is 19.9. The van der Waals surface area contributed by atoms with E-state index in [0.717, 1.165) is 6.42 Å². The highest BCUT2D eigenvalue weighted by Gasteiger charge is 2.39. The first-order chi connectivity index (χ1) is 12.8. The van der Waals surface area contributed by atoms with E-state index in [9.17, 15) is 22.8 Å². The average Bonchev–Trinajstić information content (AvgIpc) is 2.61. The van der Waals surface area contributed by atoms with E-state index >= 15 is 0 Å². The Morgan fingerprint density at radius 3 is 2.48 bits per heavy atom. The molecule has 0 aromatic heterocycles. The predicted octanol–water partition coefficient (Wildman–Crippen LogP) is 2.76. The Labute approximate surface area is 159 Å². The van der Waals surface area contributed by atoms with Gasteiger partial charge in [-0.3, -0.25) is 14.4 Å². The van der Waals surface area contributed by atoms with Gasteiger partial charge in [0.25, 0.3) is 0 Å². The molecule has 2 aliphatic rings. The quantitative estimate of drug-likeness (QED) is 0.565. The van der Waals surface area contributed by atoms with Gasteiger partial charge in [0.2, 0.25) is 0 Å². The summed E-state index contributed by atoms with van der Waals surface area (Å²) in [6, 6.07) is 2.86. The lowest BCUT2D eigenvalue weighted by Crippen LogP contribution is -2.36. The van der Waals surface area contributed by atoms with Crippen molar-refractivity contribution in [2.45, 2.75) is 57.0 Å². The van der Waals surface area contributed by atoms with Crippen LogP contribution in [0.25, 0.3) is 0 Å². The standard InChI is InChI=1S/C20H24O6S/c1-3-10-26-16-9-11-27(24,25)17-8-7-13(12(2)18(16)17)20(23)19-14(21)5-4-6-15(19)22/h7-8,16,19H,3-6,9-11H2,1-2H3. The van der Waals surface area contributed by atoms with E-state index in [0.29, 0.717) is 30.6 Å². The molecule has 1 aliphatic heterocycles. The molecule has 0 spiro atoms. The molecule has 1 heterocycles. The van der Waals surface area contributed by atoms with Gasteiger partial charge in [0.05, 0.1) is 16.8 Å². The smallest absolute Gasteiger partial charge is 0.181 e. The summed E-state index contributed by atoms with van der Waals surface area (Å²) in [5, 5.41) is 0. The van der Waals surface area contributed by atoms with E-state index in [2.05, 4.69) is 0 Å². The number of fused-ring (bicyclic) bond motifs is 1. The Morgan fingerprint density at radius 2 is 1.85 bits per heavy atom. The monoisotopic (exact) mass is 392 g/mol. The Balaban J connectivity index is 2.07. The molecule has 1 aromatic carbocycles. The largest absolute Gasteiger partial charge is 0.373 e. The average molecular weight is 392 g/mol. The fraction of sp³-hybridized carbons (Fsp3) is 0.550. The third-order valence-electron chi connectivity index (χ3n) is 5.32. The normalized spacial score (nSPS) is 22.5. The molecule has 1 fully saturated rings. The first-order valence-electron chi connectivity index (χ1n) is 9.35. The minimum absolute atomic E-state index is 0.000705. The van der Waals surface area contributed by atoms with Crippen LogP contribution >= 0.6 is 0 Å². The van der Waals surface area contributed by atoms with Crippen LogP contribution < -0.4 is 0 Å². The Morgan fingerprint density at radius 1 is 1.19 bits per heavy atom. The van der Waals surface area contributed by atoms with E-state index in [1.54, 1.807) is 6.92 Å². The highest BCUT2D eigenvalue weighted by Crippen LogP contribution is 2.39. The number of benzene rings is 1. The van der Waals surface area contributed by atoms with Gasteiger partial charge in [-0.15, -0.1) is 0 Å². The minimum Gasteiger partial charge on any atom is -0.373 e. The predicted molar refractivity (Wildman–Crippen MR) is 98.5 cm³/mol. The highest BCUT2D eigenvalue weighted by atomic mass is 32.2. The van der Waals surface area contributed by atoms with E-state index in [1.165, 1.54) is 12.1 Å². The van der Waals surface area contributed by atoms with Gasteiger partial charge < -0.3 is 4.74 Å². The van der Waals surface area contributed by atoms with E-state index < -0.39 is 27.6 Å². The number of carbonyl (C=O) groups is 3. The van der Waals surface area contributed by atoms with E-state index in [1.807, 2.05) is 6.92 Å². The summed E-state index contributed by atoms with van der Waals surface area (Å²) in [4.78, 5) is 37.5. The van der Waals surface area contributed by atoms with Crippen LogP contribution in [0.4, 0.5) is 0 Å². The van der Waals surface area contributed by atoms with Crippen LogP contribution in [0.2, 0.25) is 0 Å². The van der Waals surface area contributed by atoms with E-state index in [4.69, 9.17) is 4.74 Å². The molecule has 0 amide bonds. The Kier molecular flexibility index (Phi) is 5.63. The maximum absolute atomic E-state index is 13.0. The zero-order chi connectivity index (χ0) is 19.8. The van der Waals surface area contributed by atoms with Crippen LogP contribution in [0.5, 0.6) is 0 Å². The lowest BCUT2D eigenvalue weighted by molar-refractivity contribution is -0.133. The molecule has 7 heteroatoms. The van der Waals surface area contributed by atoms with E-state index in [-0.39, 0.29) is 40.6 Å². The highest BCUT2D eigenvalue weighted by molar-refractivity contribution is 7.91. The van der Waals surface area contributed by atoms with Crippen LogP contribution in [0.1, 0.15) is 66.6 Å². The summed E-state index contributed by atoms with van der Waals surface area (Å²) in [6.07, 6.45) is 1.64. The molecule has 146 valence electrons. The molecule has 3 rings (SSSR count). The summed E-state index contributed by atoms with van der Waals surface area (Å²) in [6.45, 7) is 4.13. The number of hydrogen-bond donors (Lipinski definition) is 0. The fourth-order valence-corrected chi connectivity index (χ4v) is 5.58. The summed E-state index contributed by atoms with van der Waals surface area (Å²) < 4.78 is 30.8. The molecule has 27 heavy (non-hydrogen) atoms. The lowest BCUT2D eigenvalue weighted by atomic mass is 9.80.